The van der Waals surface area contributed by atoms with Crippen LogP contribution < -0.4 is 15.5 Å². The summed E-state index contributed by atoms with van der Waals surface area (Å²) in [4.78, 5) is 6.40. The molecule has 0 aliphatic carbocycles. The predicted octanol–water partition coefficient (Wildman–Crippen LogP) is 3.00. The molecule has 0 amide bonds. The van der Waals surface area contributed by atoms with Gasteiger partial charge in [-0.3, -0.25) is 9.67 Å². The van der Waals surface area contributed by atoms with Crippen molar-refractivity contribution >= 4 is 35.6 Å². The standard InChI is InChI=1S/C18H23F3N6.HI/c1-22-17(23-10-13-11-26(2)25-16(13)18(19,20)21)24-14-8-9-27(12-14)15-6-4-3-5-7-15;/h3-7,11,14H,8-10,12H2,1-2H3,(H2,22,23,24);1H. The molecular weight excluding hydrogens is 484 g/mol. The SMILES string of the molecule is CN=C(NCc1cn(C)nc1C(F)(F)F)NC1CCN(c2ccccc2)C1.I. The topological polar surface area (TPSA) is 57.5 Å². The van der Waals surface area contributed by atoms with Crippen LogP contribution in [0.3, 0.4) is 0 Å². The first-order valence-electron chi connectivity index (χ1n) is 8.73. The van der Waals surface area contributed by atoms with E-state index >= 15 is 0 Å². The lowest BCUT2D eigenvalue weighted by molar-refractivity contribution is -0.142. The number of hydrogen-bond donors (Lipinski definition) is 2. The first kappa shape index (κ1) is 22.3. The maximum atomic E-state index is 13.0. The van der Waals surface area contributed by atoms with Crippen LogP contribution in [0, 0.1) is 0 Å². The molecule has 1 unspecified atom stereocenters. The summed E-state index contributed by atoms with van der Waals surface area (Å²) in [5, 5.41) is 9.77. The fraction of sp³-hybridized carbons (Fsp3) is 0.444. The van der Waals surface area contributed by atoms with E-state index in [2.05, 4.69) is 37.8 Å². The van der Waals surface area contributed by atoms with Crippen LogP contribution in [0.25, 0.3) is 0 Å². The van der Waals surface area contributed by atoms with Crippen LogP contribution in [-0.4, -0.2) is 41.9 Å². The number of alkyl halides is 3. The van der Waals surface area contributed by atoms with E-state index in [1.54, 1.807) is 7.05 Å². The number of aliphatic imine (C=N–C) groups is 1. The molecule has 1 aromatic heterocycles. The van der Waals surface area contributed by atoms with E-state index in [4.69, 9.17) is 0 Å². The summed E-state index contributed by atoms with van der Waals surface area (Å²) in [6.45, 7) is 1.72. The molecular formula is C18H24F3IN6. The van der Waals surface area contributed by atoms with E-state index in [0.717, 1.165) is 25.2 Å². The van der Waals surface area contributed by atoms with Gasteiger partial charge >= 0.3 is 6.18 Å². The summed E-state index contributed by atoms with van der Waals surface area (Å²) < 4.78 is 40.3. The molecule has 1 fully saturated rings. The lowest BCUT2D eigenvalue weighted by Gasteiger charge is -2.20. The molecule has 154 valence electrons. The number of aryl methyl sites for hydroxylation is 1. The van der Waals surface area contributed by atoms with Gasteiger partial charge in [0.15, 0.2) is 11.7 Å². The molecule has 3 rings (SSSR count). The number of halogens is 4. The van der Waals surface area contributed by atoms with Gasteiger partial charge in [0.2, 0.25) is 0 Å². The molecule has 10 heteroatoms. The number of para-hydroxylation sites is 1. The average Bonchev–Trinajstić information content (AvgIpc) is 3.25. The van der Waals surface area contributed by atoms with E-state index < -0.39 is 11.9 Å². The number of hydrogen-bond acceptors (Lipinski definition) is 3. The van der Waals surface area contributed by atoms with Gasteiger partial charge in [0.05, 0.1) is 0 Å². The molecule has 0 radical (unpaired) electrons. The molecule has 1 aliphatic rings. The smallest absolute Gasteiger partial charge is 0.369 e. The van der Waals surface area contributed by atoms with Gasteiger partial charge in [-0.05, 0) is 18.6 Å². The van der Waals surface area contributed by atoms with Gasteiger partial charge < -0.3 is 15.5 Å². The minimum atomic E-state index is -4.48. The number of nitrogens with zero attached hydrogens (tertiary/aromatic N) is 4. The van der Waals surface area contributed by atoms with Crippen LogP contribution in [0.4, 0.5) is 18.9 Å². The summed E-state index contributed by atoms with van der Waals surface area (Å²) in [5.41, 5.74) is 0.379. The molecule has 1 aliphatic heterocycles. The van der Waals surface area contributed by atoms with Crippen molar-refractivity contribution < 1.29 is 13.2 Å². The third kappa shape index (κ3) is 5.52. The van der Waals surface area contributed by atoms with Crippen LogP contribution >= 0.6 is 24.0 Å². The van der Waals surface area contributed by atoms with Gasteiger partial charge in [0, 0.05) is 57.2 Å². The van der Waals surface area contributed by atoms with Crippen molar-refractivity contribution in [2.75, 3.05) is 25.0 Å². The lowest BCUT2D eigenvalue weighted by Crippen LogP contribution is -2.44. The Kier molecular flexibility index (Phi) is 7.55. The second kappa shape index (κ2) is 9.48. The Morgan fingerprint density at radius 2 is 2.00 bits per heavy atom. The van der Waals surface area contributed by atoms with Crippen molar-refractivity contribution in [2.24, 2.45) is 12.0 Å². The Morgan fingerprint density at radius 1 is 1.29 bits per heavy atom. The summed E-state index contributed by atoms with van der Waals surface area (Å²) in [6, 6.07) is 10.3. The van der Waals surface area contributed by atoms with Crippen LogP contribution in [0.2, 0.25) is 0 Å². The number of benzene rings is 1. The predicted molar refractivity (Wildman–Crippen MR) is 114 cm³/mol. The number of guanidine groups is 1. The summed E-state index contributed by atoms with van der Waals surface area (Å²) in [6.07, 6.45) is -2.18. The minimum Gasteiger partial charge on any atom is -0.369 e. The van der Waals surface area contributed by atoms with E-state index in [9.17, 15) is 13.2 Å². The van der Waals surface area contributed by atoms with Crippen LogP contribution in [0.5, 0.6) is 0 Å². The maximum absolute atomic E-state index is 13.0. The number of anilines is 1. The number of nitrogens with one attached hydrogen (secondary N) is 2. The normalized spacial score (nSPS) is 17.4. The van der Waals surface area contributed by atoms with E-state index in [1.807, 2.05) is 18.2 Å². The molecule has 1 saturated heterocycles. The highest BCUT2D eigenvalue weighted by molar-refractivity contribution is 14.0. The van der Waals surface area contributed by atoms with E-state index in [-0.39, 0.29) is 42.1 Å². The van der Waals surface area contributed by atoms with Crippen molar-refractivity contribution in [1.29, 1.82) is 0 Å². The molecule has 0 bridgehead atoms. The third-order valence-electron chi connectivity index (χ3n) is 4.49. The number of aromatic nitrogens is 2. The molecule has 2 N–H and O–H groups in total. The molecule has 6 nitrogen and oxygen atoms in total. The zero-order chi connectivity index (χ0) is 19.4. The van der Waals surface area contributed by atoms with Crippen molar-refractivity contribution in [2.45, 2.75) is 25.2 Å². The van der Waals surface area contributed by atoms with Crippen LogP contribution in [0.15, 0.2) is 41.5 Å². The molecule has 1 aromatic carbocycles. The molecule has 0 spiro atoms. The highest BCUT2D eigenvalue weighted by atomic mass is 127. The van der Waals surface area contributed by atoms with Gasteiger partial charge in [-0.1, -0.05) is 18.2 Å². The van der Waals surface area contributed by atoms with Crippen LogP contribution in [0.1, 0.15) is 17.7 Å². The Labute approximate surface area is 179 Å². The van der Waals surface area contributed by atoms with Gasteiger partial charge in [-0.2, -0.15) is 18.3 Å². The van der Waals surface area contributed by atoms with E-state index in [1.165, 1.54) is 17.9 Å². The largest absolute Gasteiger partial charge is 0.435 e. The Balaban J connectivity index is 0.00000280. The molecule has 28 heavy (non-hydrogen) atoms. The fourth-order valence-corrected chi connectivity index (χ4v) is 3.22. The first-order chi connectivity index (χ1) is 12.9. The highest BCUT2D eigenvalue weighted by Gasteiger charge is 2.36. The zero-order valence-corrected chi connectivity index (χ0v) is 18.0. The Bertz CT molecular complexity index is 790. The highest BCUT2D eigenvalue weighted by Crippen LogP contribution is 2.30. The van der Waals surface area contributed by atoms with Gasteiger partial charge in [0.1, 0.15) is 0 Å². The quantitative estimate of drug-likeness (QED) is 0.379. The molecule has 1 atom stereocenters. The van der Waals surface area contributed by atoms with Crippen molar-refractivity contribution in [1.82, 2.24) is 20.4 Å². The summed E-state index contributed by atoms with van der Waals surface area (Å²) in [5.74, 6) is 0.479. The van der Waals surface area contributed by atoms with Gasteiger partial charge in [-0.15, -0.1) is 24.0 Å². The van der Waals surface area contributed by atoms with Crippen molar-refractivity contribution in [3.8, 4) is 0 Å². The number of rotatable bonds is 4. The average molecular weight is 508 g/mol. The first-order valence-corrected chi connectivity index (χ1v) is 8.73. The minimum absolute atomic E-state index is 0. The van der Waals surface area contributed by atoms with Gasteiger partial charge in [-0.25, -0.2) is 0 Å². The second-order valence-corrected chi connectivity index (χ2v) is 6.51. The monoisotopic (exact) mass is 508 g/mol. The van der Waals surface area contributed by atoms with Crippen molar-refractivity contribution in [3.05, 3.63) is 47.8 Å². The van der Waals surface area contributed by atoms with Crippen LogP contribution in [-0.2, 0) is 19.8 Å². The zero-order valence-electron chi connectivity index (χ0n) is 15.7. The third-order valence-corrected chi connectivity index (χ3v) is 4.49. The fourth-order valence-electron chi connectivity index (χ4n) is 3.22. The Morgan fingerprint density at radius 3 is 2.64 bits per heavy atom. The molecule has 2 heterocycles. The second-order valence-electron chi connectivity index (χ2n) is 6.51. The van der Waals surface area contributed by atoms with Gasteiger partial charge in [0.25, 0.3) is 0 Å². The summed E-state index contributed by atoms with van der Waals surface area (Å²) in [7, 11) is 3.08. The summed E-state index contributed by atoms with van der Waals surface area (Å²) >= 11 is 0. The maximum Gasteiger partial charge on any atom is 0.435 e. The van der Waals surface area contributed by atoms with Crippen molar-refractivity contribution in [3.63, 3.8) is 0 Å². The van der Waals surface area contributed by atoms with E-state index in [0.29, 0.717) is 5.96 Å². The lowest BCUT2D eigenvalue weighted by atomic mass is 10.2. The molecule has 0 saturated carbocycles. The Hall–Kier alpha value is -1.98. The molecule has 2 aromatic rings.